The highest BCUT2D eigenvalue weighted by molar-refractivity contribution is 7.89. The number of nitrogens with one attached hydrogen (secondary N) is 1. The molecule has 134 valence electrons. The number of thiazole rings is 1. The summed E-state index contributed by atoms with van der Waals surface area (Å²) >= 11 is 2.21. The molecule has 26 heavy (non-hydrogen) atoms. The third kappa shape index (κ3) is 2.52. The van der Waals surface area contributed by atoms with Crippen molar-refractivity contribution in [2.75, 3.05) is 12.4 Å². The molecule has 0 radical (unpaired) electrons. The molecule has 1 amide bonds. The number of anilines is 1. The van der Waals surface area contributed by atoms with E-state index in [-0.39, 0.29) is 15.5 Å². The van der Waals surface area contributed by atoms with Crippen LogP contribution in [0, 0.1) is 0 Å². The molecule has 0 aliphatic carbocycles. The van der Waals surface area contributed by atoms with Crippen molar-refractivity contribution < 1.29 is 22.7 Å². The summed E-state index contributed by atoms with van der Waals surface area (Å²) in [6.45, 7) is 0. The average molecular weight is 409 g/mol. The lowest BCUT2D eigenvalue weighted by Gasteiger charge is -2.26. The van der Waals surface area contributed by atoms with Gasteiger partial charge in [-0.2, -0.15) is 0 Å². The van der Waals surface area contributed by atoms with E-state index in [1.165, 1.54) is 36.9 Å². The van der Waals surface area contributed by atoms with Crippen molar-refractivity contribution in [1.29, 1.82) is 0 Å². The standard InChI is InChI=1S/C15H11N3O5S3/c1-18-11(14(20)17-15-16-4-6-24-15)12(19)13-10(26(18,21)22)7-9(25-13)8-3-2-5-23-8/h2-7,19H,1H3,(H,16,17,20). The number of carbonyl (C=O) groups excluding carboxylic acids is 1. The van der Waals surface area contributed by atoms with E-state index >= 15 is 0 Å². The van der Waals surface area contributed by atoms with Gasteiger partial charge in [0.15, 0.2) is 16.6 Å². The van der Waals surface area contributed by atoms with Gasteiger partial charge in [-0.1, -0.05) is 0 Å². The van der Waals surface area contributed by atoms with E-state index in [1.807, 2.05) is 0 Å². The Labute approximate surface area is 156 Å². The lowest BCUT2D eigenvalue weighted by molar-refractivity contribution is -0.113. The van der Waals surface area contributed by atoms with Crippen molar-refractivity contribution >= 4 is 49.5 Å². The number of rotatable bonds is 3. The van der Waals surface area contributed by atoms with Crippen molar-refractivity contribution in [2.45, 2.75) is 4.90 Å². The van der Waals surface area contributed by atoms with Crippen LogP contribution in [0.5, 0.6) is 0 Å². The minimum absolute atomic E-state index is 0.0697. The van der Waals surface area contributed by atoms with Crippen molar-refractivity contribution in [1.82, 2.24) is 9.29 Å². The maximum absolute atomic E-state index is 12.8. The van der Waals surface area contributed by atoms with Crippen molar-refractivity contribution in [2.24, 2.45) is 0 Å². The molecule has 3 aromatic rings. The fraction of sp³-hybridized carbons (Fsp3) is 0.0667. The normalized spacial score (nSPS) is 15.8. The summed E-state index contributed by atoms with van der Waals surface area (Å²) < 4.78 is 31.7. The van der Waals surface area contributed by atoms with Crippen LogP contribution in [-0.2, 0) is 14.8 Å². The second kappa shape index (κ2) is 5.97. The molecule has 0 atom stereocenters. The van der Waals surface area contributed by atoms with Crippen LogP contribution in [0.1, 0.15) is 4.88 Å². The van der Waals surface area contributed by atoms with E-state index in [1.54, 1.807) is 17.5 Å². The van der Waals surface area contributed by atoms with Gasteiger partial charge in [-0.3, -0.25) is 14.4 Å². The number of hydrogen-bond donors (Lipinski definition) is 2. The minimum Gasteiger partial charge on any atom is -0.504 e. The third-order valence-corrected chi connectivity index (χ3v) is 7.48. The molecule has 0 aromatic carbocycles. The Kier molecular flexibility index (Phi) is 3.86. The van der Waals surface area contributed by atoms with E-state index in [2.05, 4.69) is 10.3 Å². The van der Waals surface area contributed by atoms with Gasteiger partial charge in [-0.15, -0.1) is 22.7 Å². The van der Waals surface area contributed by atoms with Gasteiger partial charge in [0, 0.05) is 18.6 Å². The highest BCUT2D eigenvalue weighted by atomic mass is 32.2. The van der Waals surface area contributed by atoms with E-state index in [0.717, 1.165) is 15.6 Å². The van der Waals surface area contributed by atoms with Gasteiger partial charge in [-0.05, 0) is 18.2 Å². The predicted octanol–water partition coefficient (Wildman–Crippen LogP) is 2.96. The summed E-state index contributed by atoms with van der Waals surface area (Å²) in [7, 11) is -2.77. The van der Waals surface area contributed by atoms with Crippen LogP contribution >= 0.6 is 22.7 Å². The Bertz CT molecular complexity index is 1110. The quantitative estimate of drug-likeness (QED) is 0.688. The maximum Gasteiger partial charge on any atom is 0.278 e. The number of nitrogens with zero attached hydrogens (tertiary/aromatic N) is 2. The molecule has 0 saturated carbocycles. The van der Waals surface area contributed by atoms with Crippen LogP contribution in [0.15, 0.2) is 51.0 Å². The highest BCUT2D eigenvalue weighted by Crippen LogP contribution is 2.43. The zero-order valence-electron chi connectivity index (χ0n) is 13.2. The van der Waals surface area contributed by atoms with Gasteiger partial charge in [-0.25, -0.2) is 13.4 Å². The smallest absolute Gasteiger partial charge is 0.278 e. The molecule has 0 spiro atoms. The monoisotopic (exact) mass is 409 g/mol. The fourth-order valence-corrected chi connectivity index (χ4v) is 5.80. The van der Waals surface area contributed by atoms with Crippen LogP contribution in [-0.4, -0.2) is 35.8 Å². The molecule has 0 fully saturated rings. The van der Waals surface area contributed by atoms with E-state index in [4.69, 9.17) is 4.42 Å². The molecular formula is C15H11N3O5S3. The second-order valence-corrected chi connectivity index (χ2v) is 9.13. The SMILES string of the molecule is CN1C(C(=O)Nc2nccs2)=C(O)c2sc(-c3ccco3)cc2S1(=O)=O. The number of fused-ring (bicyclic) bond motifs is 1. The molecular weight excluding hydrogens is 398 g/mol. The van der Waals surface area contributed by atoms with Gasteiger partial charge in [0.2, 0.25) is 0 Å². The first kappa shape index (κ1) is 16.8. The van der Waals surface area contributed by atoms with Crippen molar-refractivity contribution in [3.8, 4) is 10.6 Å². The van der Waals surface area contributed by atoms with Crippen molar-refractivity contribution in [3.05, 3.63) is 46.6 Å². The maximum atomic E-state index is 12.8. The number of furan rings is 1. The van der Waals surface area contributed by atoms with Gasteiger partial charge in [0.1, 0.15) is 10.7 Å². The van der Waals surface area contributed by atoms with Crippen LogP contribution < -0.4 is 5.32 Å². The molecule has 1 aliphatic heterocycles. The molecule has 8 nitrogen and oxygen atoms in total. The lowest BCUT2D eigenvalue weighted by Crippen LogP contribution is -2.36. The number of thiophene rings is 1. The first-order valence-electron chi connectivity index (χ1n) is 7.20. The number of hydrogen-bond acceptors (Lipinski definition) is 8. The zero-order valence-corrected chi connectivity index (χ0v) is 15.6. The average Bonchev–Trinajstić information content (AvgIpc) is 3.33. The first-order chi connectivity index (χ1) is 12.4. The number of aliphatic hydroxyl groups is 1. The Morgan fingerprint density at radius 1 is 1.42 bits per heavy atom. The van der Waals surface area contributed by atoms with Gasteiger partial charge >= 0.3 is 0 Å². The van der Waals surface area contributed by atoms with Crippen LogP contribution in [0.4, 0.5) is 5.13 Å². The minimum atomic E-state index is -3.99. The summed E-state index contributed by atoms with van der Waals surface area (Å²) in [6.07, 6.45) is 2.97. The highest BCUT2D eigenvalue weighted by Gasteiger charge is 2.40. The number of aliphatic hydroxyl groups excluding tert-OH is 1. The molecule has 2 N–H and O–H groups in total. The molecule has 3 aromatic heterocycles. The van der Waals surface area contributed by atoms with E-state index in [0.29, 0.717) is 15.8 Å². The van der Waals surface area contributed by atoms with Crippen molar-refractivity contribution in [3.63, 3.8) is 0 Å². The number of amides is 1. The number of aromatic nitrogens is 1. The Hall–Kier alpha value is -2.63. The van der Waals surface area contributed by atoms with Gasteiger partial charge in [0.05, 0.1) is 16.0 Å². The Balaban J connectivity index is 1.84. The summed E-state index contributed by atoms with van der Waals surface area (Å²) in [5, 5.41) is 15.1. The second-order valence-electron chi connectivity index (χ2n) is 5.24. The third-order valence-electron chi connectivity index (χ3n) is 3.72. The van der Waals surface area contributed by atoms with Crippen LogP contribution in [0.25, 0.3) is 16.4 Å². The fourth-order valence-electron chi connectivity index (χ4n) is 2.49. The topological polar surface area (TPSA) is 113 Å². The summed E-state index contributed by atoms with van der Waals surface area (Å²) in [5.41, 5.74) is -0.361. The summed E-state index contributed by atoms with van der Waals surface area (Å²) in [6, 6.07) is 4.79. The Morgan fingerprint density at radius 3 is 2.88 bits per heavy atom. The first-order valence-corrected chi connectivity index (χ1v) is 10.3. The molecule has 0 unspecified atom stereocenters. The zero-order chi connectivity index (χ0) is 18.5. The van der Waals surface area contributed by atoms with Crippen LogP contribution in [0.3, 0.4) is 0 Å². The van der Waals surface area contributed by atoms with E-state index in [9.17, 15) is 18.3 Å². The number of carbonyl (C=O) groups is 1. The predicted molar refractivity (Wildman–Crippen MR) is 97.3 cm³/mol. The molecule has 0 bridgehead atoms. The molecule has 4 heterocycles. The Morgan fingerprint density at radius 2 is 2.23 bits per heavy atom. The summed E-state index contributed by atoms with van der Waals surface area (Å²) in [5.74, 6) is -0.694. The summed E-state index contributed by atoms with van der Waals surface area (Å²) in [4.78, 5) is 17.0. The molecule has 11 heteroatoms. The van der Waals surface area contributed by atoms with E-state index < -0.39 is 21.7 Å². The van der Waals surface area contributed by atoms with Gasteiger partial charge < -0.3 is 9.52 Å². The number of likely N-dealkylation sites (N-methyl/N-ethyl adjacent to an activating group) is 1. The van der Waals surface area contributed by atoms with Crippen LogP contribution in [0.2, 0.25) is 0 Å². The molecule has 0 saturated heterocycles. The largest absolute Gasteiger partial charge is 0.504 e. The number of sulfonamides is 1. The molecule has 1 aliphatic rings. The van der Waals surface area contributed by atoms with Gasteiger partial charge in [0.25, 0.3) is 15.9 Å². The molecule has 4 rings (SSSR count). The lowest BCUT2D eigenvalue weighted by atomic mass is 10.2.